The highest BCUT2D eigenvalue weighted by Crippen LogP contribution is 2.12. The van der Waals surface area contributed by atoms with Crippen molar-refractivity contribution in [2.45, 2.75) is 181 Å². The molecule has 1 heterocycles. The van der Waals surface area contributed by atoms with E-state index in [0.717, 1.165) is 12.8 Å². The molecular weight excluding hydrogens is 583 g/mol. The summed E-state index contributed by atoms with van der Waals surface area (Å²) in [6.45, 7) is 14.8. The zero-order valence-electron chi connectivity index (χ0n) is 33.0. The summed E-state index contributed by atoms with van der Waals surface area (Å²) in [5, 5.41) is 0. The minimum absolute atomic E-state index is 1.12. The van der Waals surface area contributed by atoms with Gasteiger partial charge >= 0.3 is 0 Å². The van der Waals surface area contributed by atoms with Crippen molar-refractivity contribution in [3.63, 3.8) is 0 Å². The first kappa shape index (κ1) is 44.9. The maximum atomic E-state index is 2.83. The lowest BCUT2D eigenvalue weighted by Crippen LogP contribution is -2.44. The van der Waals surface area contributed by atoms with E-state index in [2.05, 4.69) is 84.2 Å². The van der Waals surface area contributed by atoms with Gasteiger partial charge in [0.15, 0.2) is 0 Å². The predicted octanol–water partition coefficient (Wildman–Crippen LogP) is 12.9. The van der Waals surface area contributed by atoms with E-state index >= 15 is 0 Å². The standard InChI is InChI=1S/C45H85N3/c1-4-6-8-10-12-14-16-18-20-22-24-26-28-30-32-34-38-47(40-36-37-41-48-44-42-46(3)43-45-48)39-35-33-31-29-27-25-23-21-19-17-15-13-11-9-7-5-2/h12-15,18-21H,4-11,16-17,22-45H2,1-3H3/b14-12-,15-13-,20-18-,21-19-. The third-order valence-electron chi connectivity index (χ3n) is 10.1. The molecule has 0 bridgehead atoms. The first-order valence-electron chi connectivity index (χ1n) is 21.5. The Balaban J connectivity index is 2.12. The van der Waals surface area contributed by atoms with Crippen LogP contribution < -0.4 is 0 Å². The van der Waals surface area contributed by atoms with E-state index in [-0.39, 0.29) is 0 Å². The molecule has 1 rings (SSSR count). The first-order chi connectivity index (χ1) is 23.8. The van der Waals surface area contributed by atoms with Crippen molar-refractivity contribution in [2.75, 3.05) is 59.4 Å². The molecule has 3 nitrogen and oxygen atoms in total. The first-order valence-corrected chi connectivity index (χ1v) is 21.5. The number of hydrogen-bond acceptors (Lipinski definition) is 3. The van der Waals surface area contributed by atoms with Gasteiger partial charge in [0.05, 0.1) is 0 Å². The Kier molecular flexibility index (Phi) is 34.7. The van der Waals surface area contributed by atoms with E-state index < -0.39 is 0 Å². The quantitative estimate of drug-likeness (QED) is 0.0492. The maximum absolute atomic E-state index is 2.83. The Morgan fingerprint density at radius 2 is 0.750 bits per heavy atom. The molecule has 0 saturated carbocycles. The smallest absolute Gasteiger partial charge is 0.0110 e. The van der Waals surface area contributed by atoms with Crippen LogP contribution >= 0.6 is 0 Å². The summed E-state index contributed by atoms with van der Waals surface area (Å²) in [6, 6.07) is 0. The summed E-state index contributed by atoms with van der Waals surface area (Å²) in [7, 11) is 2.26. The van der Waals surface area contributed by atoms with Gasteiger partial charge in [0.25, 0.3) is 0 Å². The average molecular weight is 668 g/mol. The highest BCUT2D eigenvalue weighted by molar-refractivity contribution is 4.93. The Labute approximate surface area is 302 Å². The van der Waals surface area contributed by atoms with Crippen LogP contribution in [0.5, 0.6) is 0 Å². The van der Waals surface area contributed by atoms with Gasteiger partial charge in [-0.3, -0.25) is 0 Å². The second-order valence-electron chi connectivity index (χ2n) is 14.9. The molecule has 0 spiro atoms. The molecule has 1 aliphatic heterocycles. The molecule has 0 N–H and O–H groups in total. The van der Waals surface area contributed by atoms with Crippen LogP contribution in [0.2, 0.25) is 0 Å². The lowest BCUT2D eigenvalue weighted by molar-refractivity contribution is 0.149. The molecule has 48 heavy (non-hydrogen) atoms. The molecule has 0 atom stereocenters. The topological polar surface area (TPSA) is 9.72 Å². The lowest BCUT2D eigenvalue weighted by Gasteiger charge is -2.32. The van der Waals surface area contributed by atoms with Crippen molar-refractivity contribution >= 4 is 0 Å². The average Bonchev–Trinajstić information content (AvgIpc) is 3.10. The van der Waals surface area contributed by atoms with Gasteiger partial charge < -0.3 is 14.7 Å². The van der Waals surface area contributed by atoms with Crippen LogP contribution in [0, 0.1) is 0 Å². The molecule has 0 aromatic rings. The Hall–Kier alpha value is -1.16. The SMILES string of the molecule is CCCCC/C=C\C/C=C\CCCCCCCCN(CCCCCCCC/C=C\C/C=C\CCCCC)CCCCN1CCN(C)CC1. The largest absolute Gasteiger partial charge is 0.304 e. The number of hydrogen-bond donors (Lipinski definition) is 0. The molecule has 1 fully saturated rings. The fraction of sp³-hybridized carbons (Fsp3) is 0.822. The molecule has 280 valence electrons. The molecular formula is C45H85N3. The molecule has 0 aromatic carbocycles. The van der Waals surface area contributed by atoms with Crippen molar-refractivity contribution in [1.29, 1.82) is 0 Å². The zero-order valence-corrected chi connectivity index (χ0v) is 33.0. The summed E-state index contributed by atoms with van der Waals surface area (Å²) < 4.78 is 0. The van der Waals surface area contributed by atoms with E-state index in [1.165, 1.54) is 206 Å². The lowest BCUT2D eigenvalue weighted by atomic mass is 10.1. The van der Waals surface area contributed by atoms with Gasteiger partial charge in [-0.15, -0.1) is 0 Å². The summed E-state index contributed by atoms with van der Waals surface area (Å²) in [5.74, 6) is 0. The number of nitrogens with zero attached hydrogens (tertiary/aromatic N) is 3. The minimum Gasteiger partial charge on any atom is -0.304 e. The van der Waals surface area contributed by atoms with Crippen molar-refractivity contribution in [3.05, 3.63) is 48.6 Å². The molecule has 1 aliphatic rings. The zero-order chi connectivity index (χ0) is 34.4. The molecule has 0 aliphatic carbocycles. The third kappa shape index (κ3) is 32.1. The van der Waals surface area contributed by atoms with Crippen molar-refractivity contribution in [1.82, 2.24) is 14.7 Å². The minimum atomic E-state index is 1.12. The van der Waals surface area contributed by atoms with E-state index in [9.17, 15) is 0 Å². The van der Waals surface area contributed by atoms with Gasteiger partial charge in [-0.25, -0.2) is 0 Å². The molecule has 3 heteroatoms. The van der Waals surface area contributed by atoms with Gasteiger partial charge in [0.2, 0.25) is 0 Å². The molecule has 1 saturated heterocycles. The number of piperazine rings is 1. The number of unbranched alkanes of at least 4 members (excludes halogenated alkanes) is 19. The van der Waals surface area contributed by atoms with Gasteiger partial charge in [-0.1, -0.05) is 140 Å². The van der Waals surface area contributed by atoms with Crippen molar-refractivity contribution < 1.29 is 0 Å². The van der Waals surface area contributed by atoms with Gasteiger partial charge in [-0.2, -0.15) is 0 Å². The van der Waals surface area contributed by atoms with Crippen LogP contribution in [0.15, 0.2) is 48.6 Å². The maximum Gasteiger partial charge on any atom is 0.0110 e. The van der Waals surface area contributed by atoms with Gasteiger partial charge in [-0.05, 0) is 123 Å². The Morgan fingerprint density at radius 3 is 1.17 bits per heavy atom. The van der Waals surface area contributed by atoms with Crippen LogP contribution in [-0.4, -0.2) is 74.1 Å². The fourth-order valence-electron chi connectivity index (χ4n) is 6.72. The number of likely N-dealkylation sites (N-methyl/N-ethyl adjacent to an activating group) is 1. The normalized spacial score (nSPS) is 15.2. The Bertz CT molecular complexity index is 697. The molecule has 0 amide bonds. The number of allylic oxidation sites excluding steroid dienone is 8. The Morgan fingerprint density at radius 1 is 0.396 bits per heavy atom. The highest BCUT2D eigenvalue weighted by atomic mass is 15.2. The van der Waals surface area contributed by atoms with E-state index in [0.29, 0.717) is 0 Å². The second kappa shape index (κ2) is 37.1. The fourth-order valence-corrected chi connectivity index (χ4v) is 6.72. The van der Waals surface area contributed by atoms with Crippen LogP contribution in [0.4, 0.5) is 0 Å². The monoisotopic (exact) mass is 668 g/mol. The van der Waals surface area contributed by atoms with Crippen LogP contribution in [0.1, 0.15) is 181 Å². The third-order valence-corrected chi connectivity index (χ3v) is 10.1. The van der Waals surface area contributed by atoms with Crippen molar-refractivity contribution in [3.8, 4) is 0 Å². The van der Waals surface area contributed by atoms with Crippen LogP contribution in [0.3, 0.4) is 0 Å². The summed E-state index contributed by atoms with van der Waals surface area (Å²) in [6.07, 6.45) is 53.9. The van der Waals surface area contributed by atoms with Gasteiger partial charge in [0, 0.05) is 26.2 Å². The summed E-state index contributed by atoms with van der Waals surface area (Å²) in [4.78, 5) is 7.99. The molecule has 0 radical (unpaired) electrons. The molecule has 0 unspecified atom stereocenters. The van der Waals surface area contributed by atoms with Gasteiger partial charge in [0.1, 0.15) is 0 Å². The van der Waals surface area contributed by atoms with E-state index in [1.54, 1.807) is 0 Å². The van der Waals surface area contributed by atoms with Crippen LogP contribution in [-0.2, 0) is 0 Å². The summed E-state index contributed by atoms with van der Waals surface area (Å²) in [5.41, 5.74) is 0. The highest BCUT2D eigenvalue weighted by Gasteiger charge is 2.13. The molecule has 0 aromatic heterocycles. The number of rotatable bonds is 35. The predicted molar refractivity (Wildman–Crippen MR) is 218 cm³/mol. The van der Waals surface area contributed by atoms with E-state index in [4.69, 9.17) is 0 Å². The second-order valence-corrected chi connectivity index (χ2v) is 14.9. The van der Waals surface area contributed by atoms with Crippen LogP contribution in [0.25, 0.3) is 0 Å². The van der Waals surface area contributed by atoms with Crippen molar-refractivity contribution in [2.24, 2.45) is 0 Å². The van der Waals surface area contributed by atoms with E-state index in [1.807, 2.05) is 0 Å². The summed E-state index contributed by atoms with van der Waals surface area (Å²) >= 11 is 0.